The summed E-state index contributed by atoms with van der Waals surface area (Å²) >= 11 is 0. The minimum absolute atomic E-state index is 0.107. The van der Waals surface area contributed by atoms with Gasteiger partial charge in [-0.05, 0) is 118 Å². The van der Waals surface area contributed by atoms with Crippen LogP contribution in [0.5, 0.6) is 11.5 Å². The van der Waals surface area contributed by atoms with E-state index in [1.54, 1.807) is 13.0 Å². The number of benzene rings is 3. The normalized spacial score (nSPS) is 16.3. The number of ether oxygens (including phenoxy) is 4. The summed E-state index contributed by atoms with van der Waals surface area (Å²) in [5.74, 6) is 1.53. The molecule has 0 atom stereocenters. The smallest absolute Gasteiger partial charge is 0.333 e. The Hall–Kier alpha value is -4.10. The molecule has 7 nitrogen and oxygen atoms in total. The summed E-state index contributed by atoms with van der Waals surface area (Å²) in [6, 6.07) is 20.9. The second-order valence-electron chi connectivity index (χ2n) is 13.4. The first kappa shape index (κ1) is 35.7. The first-order valence-electron chi connectivity index (χ1n) is 16.7. The molecular formula is C40H50O7. The van der Waals surface area contributed by atoms with Crippen LogP contribution in [0.15, 0.2) is 72.8 Å². The number of aliphatic hydroxyl groups is 1. The van der Waals surface area contributed by atoms with Gasteiger partial charge >= 0.3 is 11.9 Å². The third kappa shape index (κ3) is 9.94. The average Bonchev–Trinajstić information content (AvgIpc) is 3.08. The summed E-state index contributed by atoms with van der Waals surface area (Å²) in [5.41, 5.74) is 6.64. The van der Waals surface area contributed by atoms with Gasteiger partial charge in [0.25, 0.3) is 0 Å². The van der Waals surface area contributed by atoms with Crippen LogP contribution in [0.1, 0.15) is 77.3 Å². The van der Waals surface area contributed by atoms with Gasteiger partial charge in [0.1, 0.15) is 37.9 Å². The summed E-state index contributed by atoms with van der Waals surface area (Å²) in [5, 5.41) is 9.53. The lowest BCUT2D eigenvalue weighted by atomic mass is 9.78. The van der Waals surface area contributed by atoms with E-state index in [-0.39, 0.29) is 32.4 Å². The summed E-state index contributed by atoms with van der Waals surface area (Å²) < 4.78 is 22.6. The van der Waals surface area contributed by atoms with E-state index in [1.807, 2.05) is 32.9 Å². The molecule has 3 aromatic rings. The largest absolute Gasteiger partial charge is 0.490 e. The van der Waals surface area contributed by atoms with Gasteiger partial charge in [-0.1, -0.05) is 56.0 Å². The lowest BCUT2D eigenvalue weighted by Crippen LogP contribution is -2.24. The highest BCUT2D eigenvalue weighted by Crippen LogP contribution is 2.39. The van der Waals surface area contributed by atoms with Crippen molar-refractivity contribution in [3.63, 3.8) is 0 Å². The Morgan fingerprint density at radius 3 is 2.06 bits per heavy atom. The number of rotatable bonds is 14. The quantitative estimate of drug-likeness (QED) is 0.107. The van der Waals surface area contributed by atoms with Crippen LogP contribution in [0.2, 0.25) is 0 Å². The molecule has 0 amide bonds. The van der Waals surface area contributed by atoms with Gasteiger partial charge in [0.2, 0.25) is 0 Å². The number of esters is 2. The fraction of sp³-hybridized carbons (Fsp3) is 0.450. The average molecular weight is 643 g/mol. The lowest BCUT2D eigenvalue weighted by molar-refractivity contribution is -0.153. The van der Waals surface area contributed by atoms with Crippen LogP contribution in [0, 0.1) is 11.3 Å². The zero-order valence-electron chi connectivity index (χ0n) is 28.6. The van der Waals surface area contributed by atoms with Gasteiger partial charge in [-0.2, -0.15) is 0 Å². The first-order chi connectivity index (χ1) is 22.5. The van der Waals surface area contributed by atoms with E-state index in [1.165, 1.54) is 16.7 Å². The Kier molecular flexibility index (Phi) is 12.7. The minimum Gasteiger partial charge on any atom is -0.490 e. The van der Waals surface area contributed by atoms with Crippen molar-refractivity contribution in [1.29, 1.82) is 0 Å². The molecule has 47 heavy (non-hydrogen) atoms. The van der Waals surface area contributed by atoms with E-state index >= 15 is 0 Å². The summed E-state index contributed by atoms with van der Waals surface area (Å²) in [6.07, 6.45) is 5.39. The summed E-state index contributed by atoms with van der Waals surface area (Å²) in [4.78, 5) is 23.9. The molecule has 0 saturated heterocycles. The van der Waals surface area contributed by atoms with Gasteiger partial charge in [-0.3, -0.25) is 4.79 Å². The molecule has 1 N–H and O–H groups in total. The van der Waals surface area contributed by atoms with Gasteiger partial charge in [-0.15, -0.1) is 0 Å². The van der Waals surface area contributed by atoms with E-state index < -0.39 is 11.4 Å². The van der Waals surface area contributed by atoms with Crippen LogP contribution < -0.4 is 9.47 Å². The maximum absolute atomic E-state index is 12.2. The van der Waals surface area contributed by atoms with E-state index in [4.69, 9.17) is 18.9 Å². The Balaban J connectivity index is 1.52. The lowest BCUT2D eigenvalue weighted by Gasteiger charge is -2.28. The van der Waals surface area contributed by atoms with Crippen molar-refractivity contribution < 1.29 is 33.6 Å². The second-order valence-corrected chi connectivity index (χ2v) is 13.4. The topological polar surface area (TPSA) is 91.3 Å². The molecule has 1 saturated carbocycles. The van der Waals surface area contributed by atoms with Gasteiger partial charge in [-0.25, -0.2) is 4.79 Å². The van der Waals surface area contributed by atoms with Crippen molar-refractivity contribution >= 4 is 11.9 Å². The zero-order valence-corrected chi connectivity index (χ0v) is 28.6. The van der Waals surface area contributed by atoms with Crippen molar-refractivity contribution in [2.24, 2.45) is 11.3 Å². The molecule has 0 bridgehead atoms. The molecule has 4 rings (SSSR count). The molecular weight excluding hydrogens is 592 g/mol. The predicted octanol–water partition coefficient (Wildman–Crippen LogP) is 8.32. The van der Waals surface area contributed by atoms with Crippen molar-refractivity contribution in [3.8, 4) is 33.8 Å². The summed E-state index contributed by atoms with van der Waals surface area (Å²) in [7, 11) is 0. The molecule has 0 radical (unpaired) electrons. The van der Waals surface area contributed by atoms with Crippen LogP contribution in [-0.2, 0) is 25.5 Å². The molecule has 0 aliphatic heterocycles. The van der Waals surface area contributed by atoms with Crippen LogP contribution in [0.25, 0.3) is 22.3 Å². The number of aryl methyl sites for hydroxylation is 1. The SMILES string of the molecule is C=C(C)C(=O)OCCOc1ccc(OCCOC(=O)C(C)(C)C)c(-c2ccc(-c3ccc(C4CCC(CO)CC4)cc3CC)cc2)c1. The Bertz CT molecular complexity index is 1510. The maximum Gasteiger partial charge on any atom is 0.333 e. The molecule has 0 heterocycles. The van der Waals surface area contributed by atoms with Gasteiger partial charge < -0.3 is 24.1 Å². The van der Waals surface area contributed by atoms with Crippen molar-refractivity contribution in [2.45, 2.75) is 72.6 Å². The fourth-order valence-corrected chi connectivity index (χ4v) is 5.82. The van der Waals surface area contributed by atoms with Crippen molar-refractivity contribution in [1.82, 2.24) is 0 Å². The third-order valence-electron chi connectivity index (χ3n) is 8.66. The van der Waals surface area contributed by atoms with Crippen LogP contribution in [0.3, 0.4) is 0 Å². The molecule has 1 fully saturated rings. The van der Waals surface area contributed by atoms with Crippen molar-refractivity contribution in [2.75, 3.05) is 33.0 Å². The molecule has 0 aromatic heterocycles. The standard InChI is InChI=1S/C40H50O7/c1-7-29-24-33(30-10-8-28(26-41)9-11-30)16-18-35(29)31-12-14-32(15-13-31)36-25-34(44-20-22-46-38(42)27(2)3)17-19-37(36)45-21-23-47-39(43)40(4,5)6/h12-19,24-25,28,30,41H,2,7-11,20-23,26H2,1,3-6H3. The molecule has 0 unspecified atom stereocenters. The third-order valence-corrected chi connectivity index (χ3v) is 8.66. The Morgan fingerprint density at radius 1 is 0.809 bits per heavy atom. The van der Waals surface area contributed by atoms with Gasteiger partial charge in [0.05, 0.1) is 5.41 Å². The van der Waals surface area contributed by atoms with Crippen LogP contribution in [0.4, 0.5) is 0 Å². The number of hydrogen-bond acceptors (Lipinski definition) is 7. The van der Waals surface area contributed by atoms with E-state index in [9.17, 15) is 14.7 Å². The van der Waals surface area contributed by atoms with Gasteiger partial charge in [0.15, 0.2) is 0 Å². The van der Waals surface area contributed by atoms with E-state index in [0.717, 1.165) is 48.8 Å². The fourth-order valence-electron chi connectivity index (χ4n) is 5.82. The zero-order chi connectivity index (χ0) is 34.0. The first-order valence-corrected chi connectivity index (χ1v) is 16.7. The highest BCUT2D eigenvalue weighted by Gasteiger charge is 2.24. The minimum atomic E-state index is -0.581. The molecule has 0 spiro atoms. The Labute approximate surface area is 279 Å². The van der Waals surface area contributed by atoms with E-state index in [2.05, 4.69) is 56.0 Å². The maximum atomic E-state index is 12.2. The van der Waals surface area contributed by atoms with Crippen molar-refractivity contribution in [3.05, 3.63) is 83.9 Å². The number of carbonyl (C=O) groups is 2. The van der Waals surface area contributed by atoms with Crippen LogP contribution in [-0.4, -0.2) is 50.1 Å². The molecule has 3 aromatic carbocycles. The highest BCUT2D eigenvalue weighted by atomic mass is 16.6. The molecule has 252 valence electrons. The molecule has 1 aliphatic rings. The Morgan fingerprint density at radius 2 is 1.45 bits per heavy atom. The van der Waals surface area contributed by atoms with Crippen LogP contribution >= 0.6 is 0 Å². The predicted molar refractivity (Wildman–Crippen MR) is 186 cm³/mol. The summed E-state index contributed by atoms with van der Waals surface area (Å²) in [6.45, 7) is 13.8. The van der Waals surface area contributed by atoms with E-state index in [0.29, 0.717) is 35.5 Å². The molecule has 7 heteroatoms. The number of carbonyl (C=O) groups excluding carboxylic acids is 2. The number of aliphatic hydroxyl groups excluding tert-OH is 1. The second kappa shape index (κ2) is 16.6. The van der Waals surface area contributed by atoms with Gasteiger partial charge in [0, 0.05) is 17.7 Å². The monoisotopic (exact) mass is 642 g/mol. The molecule has 1 aliphatic carbocycles. The number of hydrogen-bond donors (Lipinski definition) is 1. The highest BCUT2D eigenvalue weighted by molar-refractivity contribution is 5.86.